The van der Waals surface area contributed by atoms with Gasteiger partial charge in [-0.05, 0) is 0 Å². The van der Waals surface area contributed by atoms with Crippen LogP contribution in [0.25, 0.3) is 0 Å². The van der Waals surface area contributed by atoms with Gasteiger partial charge in [-0.2, -0.15) is 0 Å². The van der Waals surface area contributed by atoms with Crippen molar-refractivity contribution in [2.24, 2.45) is 0 Å². The molecule has 116 valence electrons. The van der Waals surface area contributed by atoms with Gasteiger partial charge in [-0.1, -0.05) is 0 Å². The zero-order chi connectivity index (χ0) is 16.4. The van der Waals surface area contributed by atoms with Crippen LogP contribution in [0.3, 0.4) is 0 Å². The number of alkyl halides is 5. The quantitative estimate of drug-likeness (QED) is 0.367. The Labute approximate surface area is 112 Å². The first-order valence-electron chi connectivity index (χ1n) is 4.88. The molecule has 1 aromatic heterocycles. The van der Waals surface area contributed by atoms with Gasteiger partial charge in [0, 0.05) is 6.07 Å². The average Bonchev–Trinajstić information content (AvgIpc) is 2.35. The first-order valence-corrected chi connectivity index (χ1v) is 4.88. The minimum absolute atomic E-state index is 0.182. The Bertz CT molecular complexity index is 574. The van der Waals surface area contributed by atoms with Crippen molar-refractivity contribution in [2.45, 2.75) is 12.8 Å². The van der Waals surface area contributed by atoms with Gasteiger partial charge in [0.05, 0.1) is 12.0 Å². The summed E-state index contributed by atoms with van der Waals surface area (Å²) >= 11 is 0. The highest BCUT2D eigenvalue weighted by molar-refractivity contribution is 5.92. The SMILES string of the molecule is COC(=O)c1cc([N+](=O)[O-])c(C(F)F)nc1OC(F)(F)F. The number of rotatable bonds is 4. The van der Waals surface area contributed by atoms with E-state index in [-0.39, 0.29) is 6.07 Å². The molecule has 0 fully saturated rings. The zero-order valence-corrected chi connectivity index (χ0v) is 9.98. The number of nitro groups is 1. The molecule has 21 heavy (non-hydrogen) atoms. The summed E-state index contributed by atoms with van der Waals surface area (Å²) < 4.78 is 69.0. The smallest absolute Gasteiger partial charge is 0.465 e. The van der Waals surface area contributed by atoms with Crippen LogP contribution in [0, 0.1) is 10.1 Å². The minimum atomic E-state index is -5.34. The summed E-state index contributed by atoms with van der Waals surface area (Å²) in [5, 5.41) is 10.6. The maximum absolute atomic E-state index is 12.6. The molecule has 1 heterocycles. The molecule has 0 aliphatic heterocycles. The molecule has 0 saturated carbocycles. The van der Waals surface area contributed by atoms with Gasteiger partial charge in [-0.25, -0.2) is 18.6 Å². The van der Waals surface area contributed by atoms with Crippen LogP contribution < -0.4 is 4.74 Å². The number of ether oxygens (including phenoxy) is 2. The Hall–Kier alpha value is -2.53. The van der Waals surface area contributed by atoms with Crippen molar-refractivity contribution < 1.29 is 41.1 Å². The molecule has 0 aliphatic carbocycles. The molecule has 0 spiro atoms. The number of hydrogen-bond acceptors (Lipinski definition) is 6. The summed E-state index contributed by atoms with van der Waals surface area (Å²) in [5.74, 6) is -3.03. The Morgan fingerprint density at radius 3 is 2.38 bits per heavy atom. The molecular weight excluding hydrogens is 311 g/mol. The first-order chi connectivity index (χ1) is 9.56. The fourth-order valence-electron chi connectivity index (χ4n) is 1.25. The Balaban J connectivity index is 3.55. The van der Waals surface area contributed by atoms with Crippen molar-refractivity contribution in [3.05, 3.63) is 27.4 Å². The maximum Gasteiger partial charge on any atom is 0.574 e. The van der Waals surface area contributed by atoms with Crippen molar-refractivity contribution in [3.63, 3.8) is 0 Å². The Morgan fingerprint density at radius 2 is 2.00 bits per heavy atom. The topological polar surface area (TPSA) is 91.6 Å². The third-order valence-electron chi connectivity index (χ3n) is 2.02. The van der Waals surface area contributed by atoms with Crippen molar-refractivity contribution in [1.82, 2.24) is 4.98 Å². The van der Waals surface area contributed by atoms with E-state index in [0.717, 1.165) is 7.11 Å². The fraction of sp³-hybridized carbons (Fsp3) is 0.333. The van der Waals surface area contributed by atoms with Gasteiger partial charge >= 0.3 is 12.3 Å². The number of aromatic nitrogens is 1. The molecule has 0 atom stereocenters. The second kappa shape index (κ2) is 5.85. The molecule has 12 heteroatoms. The number of esters is 1. The van der Waals surface area contributed by atoms with Gasteiger partial charge in [0.1, 0.15) is 5.56 Å². The molecule has 0 amide bonds. The fourth-order valence-corrected chi connectivity index (χ4v) is 1.25. The molecule has 1 aromatic rings. The molecule has 0 saturated heterocycles. The lowest BCUT2D eigenvalue weighted by atomic mass is 10.2. The van der Waals surface area contributed by atoms with Gasteiger partial charge in [-0.3, -0.25) is 10.1 Å². The van der Waals surface area contributed by atoms with Crippen molar-refractivity contribution in [2.75, 3.05) is 7.11 Å². The van der Waals surface area contributed by atoms with Crippen LogP contribution >= 0.6 is 0 Å². The number of halogens is 5. The first kappa shape index (κ1) is 16.5. The highest BCUT2D eigenvalue weighted by atomic mass is 19.4. The molecule has 0 unspecified atom stereocenters. The summed E-state index contributed by atoms with van der Waals surface area (Å²) in [6, 6.07) is 0.182. The number of pyridine rings is 1. The largest absolute Gasteiger partial charge is 0.574 e. The molecule has 7 nitrogen and oxygen atoms in total. The predicted octanol–water partition coefficient (Wildman–Crippen LogP) is 2.61. The lowest BCUT2D eigenvalue weighted by Gasteiger charge is -2.12. The molecule has 0 radical (unpaired) electrons. The van der Waals surface area contributed by atoms with Gasteiger partial charge in [0.15, 0.2) is 5.69 Å². The maximum atomic E-state index is 12.6. The zero-order valence-electron chi connectivity index (χ0n) is 9.98. The molecule has 1 rings (SSSR count). The van der Waals surface area contributed by atoms with Crippen LogP contribution in [0.2, 0.25) is 0 Å². The summed E-state index contributed by atoms with van der Waals surface area (Å²) in [4.78, 5) is 23.3. The number of methoxy groups -OCH3 is 1. The van der Waals surface area contributed by atoms with E-state index >= 15 is 0 Å². The van der Waals surface area contributed by atoms with E-state index in [4.69, 9.17) is 0 Å². The molecule has 0 bridgehead atoms. The van der Waals surface area contributed by atoms with Crippen LogP contribution in [-0.4, -0.2) is 29.3 Å². The van der Waals surface area contributed by atoms with E-state index in [1.165, 1.54) is 0 Å². The van der Waals surface area contributed by atoms with Gasteiger partial charge in [0.25, 0.3) is 12.1 Å². The summed E-state index contributed by atoms with van der Waals surface area (Å²) in [6.45, 7) is 0. The Kier molecular flexibility index (Phi) is 4.60. The van der Waals surface area contributed by atoms with E-state index in [2.05, 4.69) is 14.5 Å². The average molecular weight is 316 g/mol. The number of hydrogen-bond donors (Lipinski definition) is 0. The molecule has 0 N–H and O–H groups in total. The Morgan fingerprint density at radius 1 is 1.43 bits per heavy atom. The van der Waals surface area contributed by atoms with Crippen LogP contribution in [0.4, 0.5) is 27.6 Å². The van der Waals surface area contributed by atoms with Crippen LogP contribution in [-0.2, 0) is 4.74 Å². The lowest BCUT2D eigenvalue weighted by molar-refractivity contribution is -0.386. The summed E-state index contributed by atoms with van der Waals surface area (Å²) in [5.41, 5.74) is -4.00. The van der Waals surface area contributed by atoms with Gasteiger partial charge in [-0.15, -0.1) is 13.2 Å². The highest BCUT2D eigenvalue weighted by Gasteiger charge is 2.37. The van der Waals surface area contributed by atoms with Crippen molar-refractivity contribution in [1.29, 1.82) is 0 Å². The van der Waals surface area contributed by atoms with E-state index in [1.54, 1.807) is 0 Å². The van der Waals surface area contributed by atoms with Gasteiger partial charge in [0.2, 0.25) is 5.88 Å². The number of nitrogens with zero attached hydrogens (tertiary/aromatic N) is 2. The van der Waals surface area contributed by atoms with Crippen LogP contribution in [0.15, 0.2) is 6.07 Å². The monoisotopic (exact) mass is 316 g/mol. The third kappa shape index (κ3) is 3.97. The van der Waals surface area contributed by atoms with Crippen LogP contribution in [0.1, 0.15) is 22.5 Å². The predicted molar refractivity (Wildman–Crippen MR) is 53.9 cm³/mol. The van der Waals surface area contributed by atoms with E-state index in [1.807, 2.05) is 0 Å². The summed E-state index contributed by atoms with van der Waals surface area (Å²) in [6.07, 6.45) is -8.89. The third-order valence-corrected chi connectivity index (χ3v) is 2.02. The number of carbonyl (C=O) groups is 1. The highest BCUT2D eigenvalue weighted by Crippen LogP contribution is 2.34. The van der Waals surface area contributed by atoms with E-state index in [0.29, 0.717) is 0 Å². The molecule has 0 aromatic carbocycles. The van der Waals surface area contributed by atoms with Crippen molar-refractivity contribution in [3.8, 4) is 5.88 Å². The lowest BCUT2D eigenvalue weighted by Crippen LogP contribution is -2.21. The van der Waals surface area contributed by atoms with Crippen molar-refractivity contribution >= 4 is 11.7 Å². The van der Waals surface area contributed by atoms with Crippen LogP contribution in [0.5, 0.6) is 5.88 Å². The van der Waals surface area contributed by atoms with Gasteiger partial charge < -0.3 is 9.47 Å². The normalized spacial score (nSPS) is 11.4. The summed E-state index contributed by atoms with van der Waals surface area (Å²) in [7, 11) is 0.770. The molecule has 0 aliphatic rings. The standard InChI is InChI=1S/C9H5F5N2O5/c1-20-8(17)3-2-4(16(18)19)5(6(10)11)15-7(3)21-9(12,13)14/h2,6H,1H3. The van der Waals surface area contributed by atoms with E-state index in [9.17, 15) is 36.9 Å². The second-order valence-corrected chi connectivity index (χ2v) is 3.34. The minimum Gasteiger partial charge on any atom is -0.465 e. The second-order valence-electron chi connectivity index (χ2n) is 3.34. The van der Waals surface area contributed by atoms with E-state index < -0.39 is 46.5 Å². The number of carbonyl (C=O) groups excluding carboxylic acids is 1. The molecular formula is C9H5F5N2O5.